The highest BCUT2D eigenvalue weighted by atomic mass is 19.1. The monoisotopic (exact) mass is 362 g/mol. The Morgan fingerprint density at radius 1 is 1.12 bits per heavy atom. The summed E-state index contributed by atoms with van der Waals surface area (Å²) in [6.07, 6.45) is 2.67. The first kappa shape index (κ1) is 19.6. The van der Waals surface area contributed by atoms with Crippen LogP contribution in [0.5, 0.6) is 11.8 Å². The normalized spacial score (nSPS) is 11.2. The summed E-state index contributed by atoms with van der Waals surface area (Å²) in [7, 11) is 2.97. The van der Waals surface area contributed by atoms with Crippen LogP contribution in [0.15, 0.2) is 24.4 Å². The highest BCUT2D eigenvalue weighted by Crippen LogP contribution is 2.21. The van der Waals surface area contributed by atoms with E-state index in [-0.39, 0.29) is 5.56 Å². The molecule has 0 saturated heterocycles. The van der Waals surface area contributed by atoms with Gasteiger partial charge >= 0.3 is 5.97 Å². The first-order valence-electron chi connectivity index (χ1n) is 8.19. The average molecular weight is 362 g/mol. The largest absolute Gasteiger partial charge is 0.477 e. The van der Waals surface area contributed by atoms with Crippen molar-refractivity contribution in [2.24, 2.45) is 0 Å². The van der Waals surface area contributed by atoms with Crippen LogP contribution in [0.25, 0.3) is 0 Å². The predicted octanol–water partition coefficient (Wildman–Crippen LogP) is 3.37. The average Bonchev–Trinajstić information content (AvgIpc) is 2.58. The second-order valence-electron chi connectivity index (χ2n) is 6.70. The van der Waals surface area contributed by atoms with Gasteiger partial charge in [0.1, 0.15) is 11.4 Å². The minimum absolute atomic E-state index is 0.0745. The van der Waals surface area contributed by atoms with E-state index in [2.05, 4.69) is 9.97 Å². The minimum atomic E-state index is -0.674. The van der Waals surface area contributed by atoms with E-state index < -0.39 is 17.4 Å². The molecule has 2 rings (SSSR count). The van der Waals surface area contributed by atoms with Crippen LogP contribution < -0.4 is 9.47 Å². The maximum atomic E-state index is 14.3. The van der Waals surface area contributed by atoms with Crippen LogP contribution in [-0.4, -0.2) is 35.8 Å². The smallest absolute Gasteiger partial charge is 0.341 e. The van der Waals surface area contributed by atoms with Crippen molar-refractivity contribution >= 4 is 5.97 Å². The number of esters is 1. The zero-order valence-corrected chi connectivity index (χ0v) is 15.6. The van der Waals surface area contributed by atoms with E-state index in [1.165, 1.54) is 26.4 Å². The Hall–Kier alpha value is -2.70. The summed E-state index contributed by atoms with van der Waals surface area (Å²) in [5.41, 5.74) is 0.689. The summed E-state index contributed by atoms with van der Waals surface area (Å²) in [5.74, 6) is -0.664. The third-order valence-corrected chi connectivity index (χ3v) is 3.47. The van der Waals surface area contributed by atoms with Crippen molar-refractivity contribution in [2.45, 2.75) is 39.2 Å². The molecular formula is C19H23FN2O4. The van der Waals surface area contributed by atoms with Crippen LogP contribution in [0.2, 0.25) is 0 Å². The van der Waals surface area contributed by atoms with Gasteiger partial charge in [-0.15, -0.1) is 0 Å². The molecule has 0 spiro atoms. The van der Waals surface area contributed by atoms with Crippen molar-refractivity contribution in [2.75, 3.05) is 14.2 Å². The minimum Gasteiger partial charge on any atom is -0.477 e. The molecule has 0 fully saturated rings. The number of benzene rings is 1. The number of methoxy groups -OCH3 is 2. The molecule has 1 heterocycles. The molecule has 6 nitrogen and oxygen atoms in total. The van der Waals surface area contributed by atoms with Gasteiger partial charge in [-0.05, 0) is 51.3 Å². The number of aromatic nitrogens is 2. The van der Waals surface area contributed by atoms with Gasteiger partial charge in [-0.25, -0.2) is 19.2 Å². The van der Waals surface area contributed by atoms with Gasteiger partial charge in [0.15, 0.2) is 0 Å². The molecule has 1 aromatic carbocycles. The predicted molar refractivity (Wildman–Crippen MR) is 94.1 cm³/mol. The highest BCUT2D eigenvalue weighted by molar-refractivity contribution is 5.90. The van der Waals surface area contributed by atoms with E-state index in [0.717, 1.165) is 5.56 Å². The highest BCUT2D eigenvalue weighted by Gasteiger charge is 2.20. The van der Waals surface area contributed by atoms with E-state index >= 15 is 0 Å². The first-order chi connectivity index (χ1) is 12.2. The van der Waals surface area contributed by atoms with Crippen LogP contribution >= 0.6 is 0 Å². The molecule has 0 amide bonds. The van der Waals surface area contributed by atoms with Crippen molar-refractivity contribution in [1.29, 1.82) is 0 Å². The zero-order valence-electron chi connectivity index (χ0n) is 15.6. The van der Waals surface area contributed by atoms with E-state index in [9.17, 15) is 9.18 Å². The molecule has 0 radical (unpaired) electrons. The number of nitrogens with zero attached hydrogens (tertiary/aromatic N) is 2. The van der Waals surface area contributed by atoms with Gasteiger partial charge in [0.2, 0.25) is 0 Å². The lowest BCUT2D eigenvalue weighted by atomic mass is 10.1. The molecule has 0 aliphatic rings. The second-order valence-corrected chi connectivity index (χ2v) is 6.70. The fourth-order valence-electron chi connectivity index (χ4n) is 2.27. The van der Waals surface area contributed by atoms with Gasteiger partial charge in [0.25, 0.3) is 11.8 Å². The maximum Gasteiger partial charge on any atom is 0.341 e. The molecule has 26 heavy (non-hydrogen) atoms. The summed E-state index contributed by atoms with van der Waals surface area (Å²) in [4.78, 5) is 20.4. The third-order valence-electron chi connectivity index (χ3n) is 3.47. The molecule has 0 aliphatic carbocycles. The summed E-state index contributed by atoms with van der Waals surface area (Å²) in [5, 5.41) is 0. The van der Waals surface area contributed by atoms with Crippen molar-refractivity contribution in [1.82, 2.24) is 9.97 Å². The van der Waals surface area contributed by atoms with Gasteiger partial charge in [0.05, 0.1) is 31.7 Å². The van der Waals surface area contributed by atoms with Crippen molar-refractivity contribution in [3.8, 4) is 11.8 Å². The Morgan fingerprint density at radius 3 is 2.38 bits per heavy atom. The number of ether oxygens (including phenoxy) is 3. The number of carbonyl (C=O) groups is 1. The number of carbonyl (C=O) groups excluding carboxylic acids is 1. The van der Waals surface area contributed by atoms with Gasteiger partial charge in [-0.1, -0.05) is 6.07 Å². The Bertz CT molecular complexity index is 788. The Morgan fingerprint density at radius 2 is 1.81 bits per heavy atom. The van der Waals surface area contributed by atoms with Crippen LogP contribution in [0, 0.1) is 5.82 Å². The van der Waals surface area contributed by atoms with Gasteiger partial charge < -0.3 is 14.2 Å². The molecule has 0 bridgehead atoms. The standard InChI is InChI=1S/C19H23FN2O4/c1-19(2,3)26-18(23)14-9-7-12(10-15(14)20)6-8-13-11-21-16(24-4)17(22-13)25-5/h7,9-11H,6,8H2,1-5H3. The topological polar surface area (TPSA) is 70.5 Å². The Balaban J connectivity index is 2.07. The molecular weight excluding hydrogens is 339 g/mol. The van der Waals surface area contributed by atoms with Gasteiger partial charge in [-0.3, -0.25) is 0 Å². The molecule has 0 unspecified atom stereocenters. The van der Waals surface area contributed by atoms with Crippen LogP contribution in [-0.2, 0) is 17.6 Å². The molecule has 140 valence electrons. The quantitative estimate of drug-likeness (QED) is 0.734. The van der Waals surface area contributed by atoms with E-state index in [1.54, 1.807) is 33.0 Å². The third kappa shape index (κ3) is 5.15. The van der Waals surface area contributed by atoms with Gasteiger partial charge in [-0.2, -0.15) is 0 Å². The maximum absolute atomic E-state index is 14.3. The summed E-state index contributed by atoms with van der Waals surface area (Å²) < 4.78 is 29.6. The Labute approximate surface area is 152 Å². The summed E-state index contributed by atoms with van der Waals surface area (Å²) in [6, 6.07) is 4.49. The van der Waals surface area contributed by atoms with Crippen molar-refractivity contribution in [3.63, 3.8) is 0 Å². The number of halogens is 1. The Kier molecular flexibility index (Phi) is 6.13. The van der Waals surface area contributed by atoms with Crippen LogP contribution in [0.3, 0.4) is 0 Å². The fraction of sp³-hybridized carbons (Fsp3) is 0.421. The molecule has 0 N–H and O–H groups in total. The van der Waals surface area contributed by atoms with E-state index in [1.807, 2.05) is 0 Å². The molecule has 2 aromatic rings. The number of aryl methyl sites for hydroxylation is 2. The van der Waals surface area contributed by atoms with E-state index in [4.69, 9.17) is 14.2 Å². The van der Waals surface area contributed by atoms with Crippen LogP contribution in [0.4, 0.5) is 4.39 Å². The lowest BCUT2D eigenvalue weighted by molar-refractivity contribution is 0.00647. The number of hydrogen-bond acceptors (Lipinski definition) is 6. The van der Waals surface area contributed by atoms with Crippen molar-refractivity contribution < 1.29 is 23.4 Å². The zero-order chi connectivity index (χ0) is 19.3. The lowest BCUT2D eigenvalue weighted by Gasteiger charge is -2.19. The SMILES string of the molecule is COc1ncc(CCc2ccc(C(=O)OC(C)(C)C)c(F)c2)nc1OC. The molecule has 7 heteroatoms. The molecule has 0 saturated carbocycles. The molecule has 1 aromatic heterocycles. The van der Waals surface area contributed by atoms with Gasteiger partial charge in [0, 0.05) is 0 Å². The summed E-state index contributed by atoms with van der Waals surface area (Å²) >= 11 is 0. The molecule has 0 aliphatic heterocycles. The first-order valence-corrected chi connectivity index (χ1v) is 8.19. The van der Waals surface area contributed by atoms with Crippen molar-refractivity contribution in [3.05, 3.63) is 47.0 Å². The number of hydrogen-bond donors (Lipinski definition) is 0. The molecule has 0 atom stereocenters. The fourth-order valence-corrected chi connectivity index (χ4v) is 2.27. The van der Waals surface area contributed by atoms with E-state index in [0.29, 0.717) is 30.3 Å². The number of rotatable bonds is 6. The second kappa shape index (κ2) is 8.12. The lowest BCUT2D eigenvalue weighted by Crippen LogP contribution is -2.24. The summed E-state index contributed by atoms with van der Waals surface area (Å²) in [6.45, 7) is 5.21. The van der Waals surface area contributed by atoms with Crippen LogP contribution in [0.1, 0.15) is 42.4 Å².